The molecular weight excluding hydrogens is 209 g/mol. The van der Waals surface area contributed by atoms with Crippen molar-refractivity contribution in [3.05, 3.63) is 54.4 Å². The van der Waals surface area contributed by atoms with E-state index in [-0.39, 0.29) is 5.91 Å². The van der Waals surface area contributed by atoms with Crippen molar-refractivity contribution >= 4 is 11.6 Å². The van der Waals surface area contributed by atoms with Gasteiger partial charge in [0.2, 0.25) is 5.95 Å². The topological polar surface area (TPSA) is 54.9 Å². The van der Waals surface area contributed by atoms with Crippen LogP contribution in [0.15, 0.2) is 42.9 Å². The van der Waals surface area contributed by atoms with E-state index in [1.165, 1.54) is 18.5 Å². The number of carbonyl (C=O) groups is 1. The summed E-state index contributed by atoms with van der Waals surface area (Å²) >= 11 is 0. The van der Waals surface area contributed by atoms with Gasteiger partial charge in [-0.2, -0.15) is 4.39 Å². The van der Waals surface area contributed by atoms with Gasteiger partial charge >= 0.3 is 0 Å². The van der Waals surface area contributed by atoms with Crippen molar-refractivity contribution in [2.45, 2.75) is 0 Å². The van der Waals surface area contributed by atoms with Gasteiger partial charge in [-0.25, -0.2) is 4.98 Å². The molecule has 0 saturated carbocycles. The lowest BCUT2D eigenvalue weighted by Crippen LogP contribution is -2.12. The molecule has 1 amide bonds. The number of carbonyl (C=O) groups excluding carboxylic acids is 1. The minimum Gasteiger partial charge on any atom is -0.321 e. The number of pyridine rings is 2. The van der Waals surface area contributed by atoms with E-state index in [4.69, 9.17) is 0 Å². The number of nitrogens with one attached hydrogen (secondary N) is 1. The molecule has 0 unspecified atom stereocenters. The highest BCUT2D eigenvalue weighted by atomic mass is 19.1. The van der Waals surface area contributed by atoms with E-state index in [1.807, 2.05) is 0 Å². The summed E-state index contributed by atoms with van der Waals surface area (Å²) in [7, 11) is 0. The van der Waals surface area contributed by atoms with Crippen LogP contribution in [-0.2, 0) is 0 Å². The Labute approximate surface area is 91.2 Å². The van der Waals surface area contributed by atoms with Crippen molar-refractivity contribution in [1.29, 1.82) is 0 Å². The first-order valence-electron chi connectivity index (χ1n) is 4.58. The highest BCUT2D eigenvalue weighted by Crippen LogP contribution is 2.06. The number of aromatic nitrogens is 2. The van der Waals surface area contributed by atoms with Crippen LogP contribution in [-0.4, -0.2) is 15.9 Å². The third kappa shape index (κ3) is 2.38. The summed E-state index contributed by atoms with van der Waals surface area (Å²) in [5, 5.41) is 2.61. The molecule has 0 aliphatic heterocycles. The quantitative estimate of drug-likeness (QED) is 0.781. The first-order valence-corrected chi connectivity index (χ1v) is 4.58. The van der Waals surface area contributed by atoms with Crippen molar-refractivity contribution in [3.63, 3.8) is 0 Å². The summed E-state index contributed by atoms with van der Waals surface area (Å²) in [5.74, 6) is -0.960. The van der Waals surface area contributed by atoms with E-state index in [1.54, 1.807) is 18.3 Å². The van der Waals surface area contributed by atoms with Crippen LogP contribution in [0.25, 0.3) is 0 Å². The number of halogens is 1. The Morgan fingerprint density at radius 2 is 2.12 bits per heavy atom. The summed E-state index contributed by atoms with van der Waals surface area (Å²) in [6, 6.07) is 5.92. The molecule has 5 heteroatoms. The van der Waals surface area contributed by atoms with Crippen LogP contribution >= 0.6 is 0 Å². The third-order valence-corrected chi connectivity index (χ3v) is 1.91. The predicted octanol–water partition coefficient (Wildman–Crippen LogP) is 1.87. The van der Waals surface area contributed by atoms with E-state index in [2.05, 4.69) is 15.3 Å². The summed E-state index contributed by atoms with van der Waals surface area (Å²) in [6.45, 7) is 0. The fourth-order valence-electron chi connectivity index (χ4n) is 1.15. The van der Waals surface area contributed by atoms with Gasteiger partial charge in [0.05, 0.1) is 17.4 Å². The summed E-state index contributed by atoms with van der Waals surface area (Å²) in [5.41, 5.74) is 0.877. The zero-order valence-corrected chi connectivity index (χ0v) is 8.22. The minimum atomic E-state index is -0.613. The number of amides is 1. The van der Waals surface area contributed by atoms with Gasteiger partial charge in [-0.1, -0.05) is 0 Å². The lowest BCUT2D eigenvalue weighted by molar-refractivity contribution is 0.102. The largest absolute Gasteiger partial charge is 0.321 e. The molecule has 0 fully saturated rings. The van der Waals surface area contributed by atoms with Crippen LogP contribution in [0.5, 0.6) is 0 Å². The second kappa shape index (κ2) is 4.48. The molecule has 0 aliphatic carbocycles. The van der Waals surface area contributed by atoms with Gasteiger partial charge in [-0.05, 0) is 24.3 Å². The molecule has 0 saturated heterocycles. The average molecular weight is 217 g/mol. The number of nitrogens with zero attached hydrogens (tertiary/aromatic N) is 2. The van der Waals surface area contributed by atoms with Crippen molar-refractivity contribution < 1.29 is 9.18 Å². The fourth-order valence-corrected chi connectivity index (χ4v) is 1.15. The highest BCUT2D eigenvalue weighted by Gasteiger charge is 2.06. The smallest absolute Gasteiger partial charge is 0.257 e. The summed E-state index contributed by atoms with van der Waals surface area (Å²) in [6.07, 6.45) is 4.31. The zero-order chi connectivity index (χ0) is 11.4. The molecule has 80 valence electrons. The normalized spacial score (nSPS) is 9.81. The molecule has 1 N–H and O–H groups in total. The molecule has 0 aromatic carbocycles. The van der Waals surface area contributed by atoms with Crippen LogP contribution in [0.1, 0.15) is 10.4 Å². The Kier molecular flexibility index (Phi) is 2.86. The Morgan fingerprint density at radius 3 is 2.75 bits per heavy atom. The lowest BCUT2D eigenvalue weighted by atomic mass is 10.2. The molecule has 0 bridgehead atoms. The number of hydrogen-bond acceptors (Lipinski definition) is 3. The molecule has 2 rings (SSSR count). The molecule has 0 radical (unpaired) electrons. The van der Waals surface area contributed by atoms with E-state index in [0.717, 1.165) is 6.07 Å². The monoisotopic (exact) mass is 217 g/mol. The van der Waals surface area contributed by atoms with Gasteiger partial charge in [-0.15, -0.1) is 0 Å². The third-order valence-electron chi connectivity index (χ3n) is 1.91. The predicted molar refractivity (Wildman–Crippen MR) is 56.4 cm³/mol. The standard InChI is InChI=1S/C11H8FN3O/c12-10-4-3-8(6-14-10)11(16)15-9-2-1-5-13-7-9/h1-7H,(H,15,16). The zero-order valence-electron chi connectivity index (χ0n) is 8.22. The van der Waals surface area contributed by atoms with E-state index < -0.39 is 5.95 Å². The summed E-state index contributed by atoms with van der Waals surface area (Å²) in [4.78, 5) is 18.9. The van der Waals surface area contributed by atoms with Gasteiger partial charge in [-0.3, -0.25) is 9.78 Å². The second-order valence-electron chi connectivity index (χ2n) is 3.07. The maximum Gasteiger partial charge on any atom is 0.257 e. The SMILES string of the molecule is O=C(Nc1cccnc1)c1ccc(F)nc1. The van der Waals surface area contributed by atoms with Crippen LogP contribution in [0, 0.1) is 5.95 Å². The van der Waals surface area contributed by atoms with E-state index in [9.17, 15) is 9.18 Å². The van der Waals surface area contributed by atoms with Crippen molar-refractivity contribution in [3.8, 4) is 0 Å². The van der Waals surface area contributed by atoms with Gasteiger partial charge < -0.3 is 5.32 Å². The van der Waals surface area contributed by atoms with Crippen molar-refractivity contribution in [2.24, 2.45) is 0 Å². The fraction of sp³-hybridized carbons (Fsp3) is 0. The van der Waals surface area contributed by atoms with Gasteiger partial charge in [0, 0.05) is 12.4 Å². The Morgan fingerprint density at radius 1 is 1.25 bits per heavy atom. The van der Waals surface area contributed by atoms with Crippen LogP contribution in [0.3, 0.4) is 0 Å². The molecular formula is C11H8FN3O. The maximum atomic E-state index is 12.5. The van der Waals surface area contributed by atoms with Gasteiger partial charge in [0.1, 0.15) is 0 Å². The Hall–Kier alpha value is -2.30. The van der Waals surface area contributed by atoms with Gasteiger partial charge in [0.15, 0.2) is 0 Å². The molecule has 4 nitrogen and oxygen atoms in total. The van der Waals surface area contributed by atoms with E-state index in [0.29, 0.717) is 11.3 Å². The molecule has 16 heavy (non-hydrogen) atoms. The van der Waals surface area contributed by atoms with Crippen LogP contribution in [0.2, 0.25) is 0 Å². The number of hydrogen-bond donors (Lipinski definition) is 1. The minimum absolute atomic E-state index is 0.297. The van der Waals surface area contributed by atoms with Crippen LogP contribution < -0.4 is 5.32 Å². The number of anilines is 1. The van der Waals surface area contributed by atoms with E-state index >= 15 is 0 Å². The first-order chi connectivity index (χ1) is 7.75. The lowest BCUT2D eigenvalue weighted by Gasteiger charge is -2.03. The van der Waals surface area contributed by atoms with Gasteiger partial charge in [0.25, 0.3) is 5.91 Å². The molecule has 2 aromatic rings. The highest BCUT2D eigenvalue weighted by molar-refractivity contribution is 6.03. The Bertz CT molecular complexity index is 484. The van der Waals surface area contributed by atoms with Crippen molar-refractivity contribution in [1.82, 2.24) is 9.97 Å². The average Bonchev–Trinajstić information content (AvgIpc) is 2.31. The molecule has 0 spiro atoms. The second-order valence-corrected chi connectivity index (χ2v) is 3.07. The van der Waals surface area contributed by atoms with Crippen molar-refractivity contribution in [2.75, 3.05) is 5.32 Å². The van der Waals surface area contributed by atoms with Crippen LogP contribution in [0.4, 0.5) is 10.1 Å². The summed E-state index contributed by atoms with van der Waals surface area (Å²) < 4.78 is 12.5. The Balaban J connectivity index is 2.12. The molecule has 0 atom stereocenters. The molecule has 2 aromatic heterocycles. The first kappa shape index (κ1) is 10.2. The molecule has 2 heterocycles. The maximum absolute atomic E-state index is 12.5. The number of rotatable bonds is 2. The molecule has 0 aliphatic rings.